The van der Waals surface area contributed by atoms with Gasteiger partial charge in [-0.15, -0.1) is 0 Å². The Kier molecular flexibility index (Phi) is 10.1. The summed E-state index contributed by atoms with van der Waals surface area (Å²) in [4.78, 5) is 2.12. The van der Waals surface area contributed by atoms with Crippen molar-refractivity contribution >= 4 is 9.84 Å². The number of methoxy groups -OCH3 is 1. The zero-order valence-electron chi connectivity index (χ0n) is 12.8. The Bertz CT molecular complexity index is 335. The summed E-state index contributed by atoms with van der Waals surface area (Å²) in [7, 11) is -1.15. The highest BCUT2D eigenvalue weighted by molar-refractivity contribution is 7.91. The third-order valence-electron chi connectivity index (χ3n) is 3.16. The fourth-order valence-corrected chi connectivity index (χ4v) is 3.13. The highest BCUT2D eigenvalue weighted by atomic mass is 32.2. The van der Waals surface area contributed by atoms with E-state index in [0.29, 0.717) is 59.3 Å². The van der Waals surface area contributed by atoms with E-state index >= 15 is 0 Å². The molecular formula is C13H27NO6S. The summed E-state index contributed by atoms with van der Waals surface area (Å²) in [6.45, 7) is 5.99. The highest BCUT2D eigenvalue weighted by Crippen LogP contribution is 2.02. The lowest BCUT2D eigenvalue weighted by Crippen LogP contribution is -2.41. The monoisotopic (exact) mass is 325 g/mol. The summed E-state index contributed by atoms with van der Waals surface area (Å²) in [6, 6.07) is 0. The number of rotatable bonds is 12. The van der Waals surface area contributed by atoms with Gasteiger partial charge in [-0.05, 0) is 0 Å². The van der Waals surface area contributed by atoms with Crippen LogP contribution in [-0.2, 0) is 28.8 Å². The molecule has 0 bridgehead atoms. The predicted octanol–water partition coefficient (Wildman–Crippen LogP) is -0.587. The van der Waals surface area contributed by atoms with Crippen LogP contribution >= 0.6 is 0 Å². The van der Waals surface area contributed by atoms with Gasteiger partial charge in [0.25, 0.3) is 0 Å². The van der Waals surface area contributed by atoms with Crippen LogP contribution in [0.3, 0.4) is 0 Å². The molecule has 0 spiro atoms. The summed E-state index contributed by atoms with van der Waals surface area (Å²) < 4.78 is 43.4. The van der Waals surface area contributed by atoms with Gasteiger partial charge in [0.2, 0.25) is 0 Å². The van der Waals surface area contributed by atoms with Crippen LogP contribution in [0.2, 0.25) is 0 Å². The third kappa shape index (κ3) is 10.2. The molecule has 1 saturated heterocycles. The van der Waals surface area contributed by atoms with E-state index in [1.165, 1.54) is 0 Å². The summed E-state index contributed by atoms with van der Waals surface area (Å²) in [5.74, 6) is 0.526. The predicted molar refractivity (Wildman–Crippen MR) is 79.4 cm³/mol. The van der Waals surface area contributed by atoms with Gasteiger partial charge in [-0.3, -0.25) is 4.90 Å². The maximum Gasteiger partial charge on any atom is 0.152 e. The fourth-order valence-electron chi connectivity index (χ4n) is 1.85. The molecule has 1 aliphatic heterocycles. The summed E-state index contributed by atoms with van der Waals surface area (Å²) >= 11 is 0. The maximum absolute atomic E-state index is 11.3. The number of hydrogen-bond donors (Lipinski definition) is 0. The van der Waals surface area contributed by atoms with Crippen molar-refractivity contribution in [3.05, 3.63) is 0 Å². The van der Waals surface area contributed by atoms with Gasteiger partial charge in [0, 0.05) is 26.7 Å². The van der Waals surface area contributed by atoms with Crippen molar-refractivity contribution in [2.45, 2.75) is 0 Å². The molecule has 0 aromatic carbocycles. The summed E-state index contributed by atoms with van der Waals surface area (Å²) in [6.07, 6.45) is 0. The molecular weight excluding hydrogens is 298 g/mol. The Hall–Kier alpha value is -0.250. The van der Waals surface area contributed by atoms with Crippen molar-refractivity contribution in [3.8, 4) is 0 Å². The van der Waals surface area contributed by atoms with Crippen LogP contribution in [0.5, 0.6) is 0 Å². The molecule has 0 radical (unpaired) electrons. The minimum absolute atomic E-state index is 0.263. The lowest BCUT2D eigenvalue weighted by molar-refractivity contribution is 0.00127. The lowest BCUT2D eigenvalue weighted by Gasteiger charge is -2.26. The second-order valence-corrected chi connectivity index (χ2v) is 7.13. The average Bonchev–Trinajstić information content (AvgIpc) is 2.46. The highest BCUT2D eigenvalue weighted by Gasteiger charge is 2.20. The van der Waals surface area contributed by atoms with Gasteiger partial charge in [0.05, 0.1) is 57.8 Å². The second kappa shape index (κ2) is 11.3. The summed E-state index contributed by atoms with van der Waals surface area (Å²) in [5, 5.41) is 0. The number of ether oxygens (including phenoxy) is 4. The third-order valence-corrected chi connectivity index (χ3v) is 4.77. The molecule has 0 aromatic heterocycles. The number of hydrogen-bond acceptors (Lipinski definition) is 7. The number of sulfone groups is 1. The molecule has 1 fully saturated rings. The van der Waals surface area contributed by atoms with E-state index in [-0.39, 0.29) is 11.5 Å². The van der Waals surface area contributed by atoms with Crippen molar-refractivity contribution in [3.63, 3.8) is 0 Å². The van der Waals surface area contributed by atoms with Gasteiger partial charge in [-0.1, -0.05) is 0 Å². The van der Waals surface area contributed by atoms with Crippen LogP contribution in [0.25, 0.3) is 0 Å². The van der Waals surface area contributed by atoms with Gasteiger partial charge in [-0.2, -0.15) is 0 Å². The van der Waals surface area contributed by atoms with Crippen LogP contribution in [0.15, 0.2) is 0 Å². The van der Waals surface area contributed by atoms with Gasteiger partial charge >= 0.3 is 0 Å². The van der Waals surface area contributed by atoms with Crippen LogP contribution in [-0.4, -0.2) is 97.8 Å². The lowest BCUT2D eigenvalue weighted by atomic mass is 10.5. The molecule has 1 aliphatic rings. The standard InChI is InChI=1S/C13H27NO6S/c1-17-6-7-19-10-11-20-9-8-18-5-2-14-3-12-21(15,16)13-4-14/h2-13H2,1H3. The molecule has 0 amide bonds. The topological polar surface area (TPSA) is 74.3 Å². The van der Waals surface area contributed by atoms with Gasteiger partial charge in [-0.25, -0.2) is 8.42 Å². The van der Waals surface area contributed by atoms with E-state index in [4.69, 9.17) is 18.9 Å². The summed E-state index contributed by atoms with van der Waals surface area (Å²) in [5.41, 5.74) is 0. The van der Waals surface area contributed by atoms with Crippen molar-refractivity contribution < 1.29 is 27.4 Å². The van der Waals surface area contributed by atoms with E-state index < -0.39 is 9.84 Å². The zero-order valence-corrected chi connectivity index (χ0v) is 13.6. The zero-order chi connectivity index (χ0) is 15.4. The van der Waals surface area contributed by atoms with Crippen molar-refractivity contribution in [2.75, 3.05) is 84.5 Å². The van der Waals surface area contributed by atoms with Crippen LogP contribution in [0, 0.1) is 0 Å². The molecule has 0 unspecified atom stereocenters. The largest absolute Gasteiger partial charge is 0.382 e. The molecule has 0 aromatic rings. The molecule has 1 heterocycles. The molecule has 0 aliphatic carbocycles. The minimum atomic E-state index is -2.79. The molecule has 7 nitrogen and oxygen atoms in total. The minimum Gasteiger partial charge on any atom is -0.382 e. The van der Waals surface area contributed by atoms with Crippen LogP contribution in [0.1, 0.15) is 0 Å². The van der Waals surface area contributed by atoms with E-state index in [1.807, 2.05) is 0 Å². The van der Waals surface area contributed by atoms with Crippen molar-refractivity contribution in [2.24, 2.45) is 0 Å². The Morgan fingerprint density at radius 2 is 1.29 bits per heavy atom. The first-order chi connectivity index (χ1) is 10.1. The molecule has 126 valence electrons. The Morgan fingerprint density at radius 1 is 0.810 bits per heavy atom. The normalized spacial score (nSPS) is 18.9. The first-order valence-corrected chi connectivity index (χ1v) is 9.11. The molecule has 21 heavy (non-hydrogen) atoms. The van der Waals surface area contributed by atoms with Crippen LogP contribution in [0.4, 0.5) is 0 Å². The second-order valence-electron chi connectivity index (χ2n) is 4.82. The fraction of sp³-hybridized carbons (Fsp3) is 1.00. The SMILES string of the molecule is COCCOCCOCCOCCN1CCS(=O)(=O)CC1. The average molecular weight is 325 g/mol. The molecule has 0 N–H and O–H groups in total. The molecule has 1 rings (SSSR count). The van der Waals surface area contributed by atoms with E-state index in [0.717, 1.165) is 6.54 Å². The van der Waals surface area contributed by atoms with Crippen molar-refractivity contribution in [1.82, 2.24) is 4.90 Å². The Morgan fingerprint density at radius 3 is 1.81 bits per heavy atom. The smallest absolute Gasteiger partial charge is 0.152 e. The van der Waals surface area contributed by atoms with E-state index in [2.05, 4.69) is 4.90 Å². The van der Waals surface area contributed by atoms with Crippen LogP contribution < -0.4 is 0 Å². The maximum atomic E-state index is 11.3. The van der Waals surface area contributed by atoms with Gasteiger partial charge in [0.1, 0.15) is 0 Å². The molecule has 0 saturated carbocycles. The quantitative estimate of drug-likeness (QED) is 0.444. The van der Waals surface area contributed by atoms with Gasteiger partial charge < -0.3 is 18.9 Å². The van der Waals surface area contributed by atoms with E-state index in [9.17, 15) is 8.42 Å². The van der Waals surface area contributed by atoms with Gasteiger partial charge in [0.15, 0.2) is 9.84 Å². The molecule has 0 atom stereocenters. The number of nitrogens with zero attached hydrogens (tertiary/aromatic N) is 1. The Balaban J connectivity index is 1.81. The first kappa shape index (κ1) is 18.8. The molecule has 8 heteroatoms. The van der Waals surface area contributed by atoms with E-state index in [1.54, 1.807) is 7.11 Å². The Labute approximate surface area is 127 Å². The first-order valence-electron chi connectivity index (χ1n) is 7.29. The van der Waals surface area contributed by atoms with Crippen molar-refractivity contribution in [1.29, 1.82) is 0 Å².